The summed E-state index contributed by atoms with van der Waals surface area (Å²) in [7, 11) is 0. The van der Waals surface area contributed by atoms with E-state index in [1.807, 2.05) is 0 Å². The molecule has 6 heteroatoms. The van der Waals surface area contributed by atoms with Crippen molar-refractivity contribution in [3.05, 3.63) is 36.7 Å². The number of hydrogen-bond donors (Lipinski definition) is 0. The van der Waals surface area contributed by atoms with Crippen molar-refractivity contribution in [2.75, 3.05) is 0 Å². The Balaban J connectivity index is 2.33. The standard InChI is InChI=1S/C9H6BF3NO/c11-10(12,13)8-3-1-7(2-4-8)9-14-5-6-15-9/h1-6H/q-1. The molecule has 2 rings (SSSR count). The lowest BCUT2D eigenvalue weighted by Crippen LogP contribution is -2.33. The molecule has 78 valence electrons. The monoisotopic (exact) mass is 212 g/mol. The van der Waals surface area contributed by atoms with Gasteiger partial charge in [-0.3, -0.25) is 0 Å². The molecule has 2 aromatic rings. The molecule has 1 aromatic carbocycles. The van der Waals surface area contributed by atoms with Gasteiger partial charge in [-0.25, -0.2) is 4.98 Å². The highest BCUT2D eigenvalue weighted by molar-refractivity contribution is 6.73. The molecule has 0 atom stereocenters. The van der Waals surface area contributed by atoms with E-state index in [2.05, 4.69) is 4.98 Å². The van der Waals surface area contributed by atoms with Gasteiger partial charge in [0, 0.05) is 5.56 Å². The minimum Gasteiger partial charge on any atom is -0.445 e. The lowest BCUT2D eigenvalue weighted by molar-refractivity contribution is 0.501. The highest BCUT2D eigenvalue weighted by atomic mass is 19.4. The van der Waals surface area contributed by atoms with Crippen LogP contribution in [0.1, 0.15) is 0 Å². The van der Waals surface area contributed by atoms with Gasteiger partial charge < -0.3 is 17.4 Å². The Morgan fingerprint density at radius 1 is 1.07 bits per heavy atom. The van der Waals surface area contributed by atoms with Gasteiger partial charge in [-0.2, -0.15) is 0 Å². The van der Waals surface area contributed by atoms with Gasteiger partial charge in [-0.15, -0.1) is 5.46 Å². The van der Waals surface area contributed by atoms with Crippen LogP contribution in [0.2, 0.25) is 0 Å². The van der Waals surface area contributed by atoms with Crippen molar-refractivity contribution in [3.63, 3.8) is 0 Å². The average Bonchev–Trinajstić information content (AvgIpc) is 2.69. The van der Waals surface area contributed by atoms with Crippen molar-refractivity contribution in [3.8, 4) is 11.5 Å². The molecule has 0 amide bonds. The minimum atomic E-state index is -4.93. The molecule has 0 bridgehead atoms. The van der Waals surface area contributed by atoms with Crippen LogP contribution in [0.25, 0.3) is 11.5 Å². The van der Waals surface area contributed by atoms with Crippen LogP contribution >= 0.6 is 0 Å². The first-order valence-corrected chi connectivity index (χ1v) is 4.27. The maximum Gasteiger partial charge on any atom is 0.509 e. The second-order valence-corrected chi connectivity index (χ2v) is 3.03. The third kappa shape index (κ3) is 2.03. The molecule has 0 radical (unpaired) electrons. The first-order chi connectivity index (χ1) is 7.07. The highest BCUT2D eigenvalue weighted by Gasteiger charge is 2.25. The Labute approximate surface area is 83.8 Å². The number of benzene rings is 1. The van der Waals surface area contributed by atoms with E-state index in [1.54, 1.807) is 0 Å². The van der Waals surface area contributed by atoms with E-state index in [9.17, 15) is 12.9 Å². The molecule has 0 aliphatic heterocycles. The van der Waals surface area contributed by atoms with E-state index in [4.69, 9.17) is 4.42 Å². The van der Waals surface area contributed by atoms with E-state index >= 15 is 0 Å². The van der Waals surface area contributed by atoms with Crippen molar-refractivity contribution in [2.45, 2.75) is 0 Å². The summed E-state index contributed by atoms with van der Waals surface area (Å²) in [5.74, 6) is 0.316. The summed E-state index contributed by atoms with van der Waals surface area (Å²) in [6, 6.07) is 4.74. The molecule has 0 aliphatic rings. The van der Waals surface area contributed by atoms with Crippen molar-refractivity contribution < 1.29 is 17.4 Å². The molecule has 15 heavy (non-hydrogen) atoms. The van der Waals surface area contributed by atoms with Crippen LogP contribution in [0.4, 0.5) is 12.9 Å². The zero-order valence-corrected chi connectivity index (χ0v) is 7.53. The van der Waals surface area contributed by atoms with Crippen molar-refractivity contribution in [2.24, 2.45) is 0 Å². The van der Waals surface area contributed by atoms with Gasteiger partial charge in [-0.1, -0.05) is 24.3 Å². The third-order valence-corrected chi connectivity index (χ3v) is 1.97. The molecule has 1 aromatic heterocycles. The summed E-state index contributed by atoms with van der Waals surface area (Å²) < 4.78 is 41.8. The van der Waals surface area contributed by atoms with E-state index in [-0.39, 0.29) is 0 Å². The van der Waals surface area contributed by atoms with Gasteiger partial charge in [0.25, 0.3) is 0 Å². The summed E-state index contributed by atoms with van der Waals surface area (Å²) in [6.45, 7) is -4.93. The van der Waals surface area contributed by atoms with Crippen LogP contribution in [0.5, 0.6) is 0 Å². The molecule has 0 fully saturated rings. The van der Waals surface area contributed by atoms with Crippen molar-refractivity contribution >= 4 is 12.4 Å². The summed E-state index contributed by atoms with van der Waals surface area (Å²) in [6.07, 6.45) is 2.81. The Kier molecular flexibility index (Phi) is 2.26. The van der Waals surface area contributed by atoms with E-state index in [0.717, 1.165) is 12.1 Å². The maximum atomic E-state index is 12.3. The van der Waals surface area contributed by atoms with Crippen LogP contribution in [0.3, 0.4) is 0 Å². The highest BCUT2D eigenvalue weighted by Crippen LogP contribution is 2.17. The predicted octanol–water partition coefficient (Wildman–Crippen LogP) is 2.40. The lowest BCUT2D eigenvalue weighted by Gasteiger charge is -2.14. The third-order valence-electron chi connectivity index (χ3n) is 1.97. The minimum absolute atomic E-state index is 0.316. The second-order valence-electron chi connectivity index (χ2n) is 3.03. The molecular formula is C9H6BF3NO-. The summed E-state index contributed by atoms with van der Waals surface area (Å²) in [5.41, 5.74) is -0.0888. The topological polar surface area (TPSA) is 26.0 Å². The quantitative estimate of drug-likeness (QED) is 0.714. The van der Waals surface area contributed by atoms with Crippen LogP contribution in [0.15, 0.2) is 41.1 Å². The number of aromatic nitrogens is 1. The molecule has 0 N–H and O–H groups in total. The fourth-order valence-corrected chi connectivity index (χ4v) is 1.21. The molecular weight excluding hydrogens is 206 g/mol. The summed E-state index contributed by atoms with van der Waals surface area (Å²) in [4.78, 5) is 3.84. The van der Waals surface area contributed by atoms with E-state index in [1.165, 1.54) is 24.6 Å². The number of rotatable bonds is 2. The number of nitrogens with zero attached hydrogens (tertiary/aromatic N) is 1. The van der Waals surface area contributed by atoms with Crippen molar-refractivity contribution in [1.82, 2.24) is 4.98 Å². The number of oxazole rings is 1. The predicted molar refractivity (Wildman–Crippen MR) is 50.7 cm³/mol. The average molecular weight is 212 g/mol. The zero-order chi connectivity index (χ0) is 10.9. The molecule has 0 spiro atoms. The van der Waals surface area contributed by atoms with Crippen LogP contribution in [-0.2, 0) is 0 Å². The Morgan fingerprint density at radius 3 is 2.20 bits per heavy atom. The molecule has 0 aliphatic carbocycles. The smallest absolute Gasteiger partial charge is 0.445 e. The van der Waals surface area contributed by atoms with E-state index in [0.29, 0.717) is 11.5 Å². The fourth-order valence-electron chi connectivity index (χ4n) is 1.21. The number of hydrogen-bond acceptors (Lipinski definition) is 2. The lowest BCUT2D eigenvalue weighted by atomic mass is 9.80. The normalized spacial score (nSPS) is 11.7. The molecule has 2 nitrogen and oxygen atoms in total. The van der Waals surface area contributed by atoms with Gasteiger partial charge in [0.05, 0.1) is 6.20 Å². The Hall–Kier alpha value is -1.72. The number of halogens is 3. The molecule has 0 saturated carbocycles. The molecule has 1 heterocycles. The van der Waals surface area contributed by atoms with Crippen LogP contribution in [-0.4, -0.2) is 12.0 Å². The van der Waals surface area contributed by atoms with Crippen molar-refractivity contribution in [1.29, 1.82) is 0 Å². The molecule has 0 unspecified atom stereocenters. The van der Waals surface area contributed by atoms with Crippen LogP contribution in [0, 0.1) is 0 Å². The van der Waals surface area contributed by atoms with Gasteiger partial charge in [-0.05, 0) is 0 Å². The first-order valence-electron chi connectivity index (χ1n) is 4.27. The van der Waals surface area contributed by atoms with Gasteiger partial charge in [0.15, 0.2) is 0 Å². The largest absolute Gasteiger partial charge is 0.509 e. The summed E-state index contributed by atoms with van der Waals surface area (Å²) in [5, 5.41) is 0. The first kappa shape index (κ1) is 9.83. The SMILES string of the molecule is F[B-](F)(F)c1ccc(-c2ncco2)cc1. The maximum absolute atomic E-state index is 12.3. The fraction of sp³-hybridized carbons (Fsp3) is 0. The van der Waals surface area contributed by atoms with Gasteiger partial charge in [0.2, 0.25) is 5.89 Å². The Morgan fingerprint density at radius 2 is 1.73 bits per heavy atom. The zero-order valence-electron chi connectivity index (χ0n) is 7.53. The Bertz CT molecular complexity index is 435. The van der Waals surface area contributed by atoms with Crippen LogP contribution < -0.4 is 5.46 Å². The molecule has 0 saturated heterocycles. The van der Waals surface area contributed by atoms with Gasteiger partial charge in [0.1, 0.15) is 6.26 Å². The van der Waals surface area contributed by atoms with E-state index < -0.39 is 12.4 Å². The van der Waals surface area contributed by atoms with Gasteiger partial charge >= 0.3 is 6.98 Å². The second kappa shape index (κ2) is 3.45. The summed E-state index contributed by atoms with van der Waals surface area (Å²) >= 11 is 0.